The van der Waals surface area contributed by atoms with E-state index in [2.05, 4.69) is 10.3 Å². The lowest BCUT2D eigenvalue weighted by Crippen LogP contribution is -2.52. The molecule has 2 aromatic carbocycles. The first-order valence-corrected chi connectivity index (χ1v) is 11.5. The van der Waals surface area contributed by atoms with Crippen LogP contribution in [-0.4, -0.2) is 40.3 Å². The molecule has 1 aliphatic heterocycles. The zero-order valence-corrected chi connectivity index (χ0v) is 18.6. The van der Waals surface area contributed by atoms with Crippen LogP contribution >= 0.6 is 0 Å². The van der Waals surface area contributed by atoms with Gasteiger partial charge in [-0.2, -0.15) is 0 Å². The molecule has 2 heterocycles. The molecular weight excluding hydrogens is 412 g/mol. The van der Waals surface area contributed by atoms with Gasteiger partial charge in [-0.25, -0.2) is 0 Å². The summed E-state index contributed by atoms with van der Waals surface area (Å²) < 4.78 is 0. The molecule has 0 radical (unpaired) electrons. The molecule has 1 aromatic heterocycles. The van der Waals surface area contributed by atoms with E-state index in [1.165, 1.54) is 0 Å². The quantitative estimate of drug-likeness (QED) is 0.561. The lowest BCUT2D eigenvalue weighted by molar-refractivity contribution is -0.139. The predicted octanol–water partition coefficient (Wildman–Crippen LogP) is 3.04. The number of carbonyl (C=O) groups excluding carboxylic acids is 2. The first-order valence-electron chi connectivity index (χ1n) is 11.5. The van der Waals surface area contributed by atoms with Crippen LogP contribution < -0.4 is 11.1 Å². The van der Waals surface area contributed by atoms with Crippen LogP contribution in [0.1, 0.15) is 35.7 Å². The summed E-state index contributed by atoms with van der Waals surface area (Å²) in [6.07, 6.45) is 4.21. The van der Waals surface area contributed by atoms with Gasteiger partial charge in [0.15, 0.2) is 0 Å². The molecule has 4 rings (SSSR count). The number of nitrogens with one attached hydrogen (secondary N) is 1. The van der Waals surface area contributed by atoms with E-state index < -0.39 is 12.1 Å². The van der Waals surface area contributed by atoms with Crippen molar-refractivity contribution in [2.24, 2.45) is 5.73 Å². The molecule has 33 heavy (non-hydrogen) atoms. The van der Waals surface area contributed by atoms with Gasteiger partial charge in [0.1, 0.15) is 6.04 Å². The van der Waals surface area contributed by atoms with E-state index >= 15 is 0 Å². The number of likely N-dealkylation sites (tertiary alicyclic amines) is 1. The van der Waals surface area contributed by atoms with E-state index in [9.17, 15) is 9.59 Å². The Kier molecular flexibility index (Phi) is 7.47. The molecule has 1 aliphatic rings. The van der Waals surface area contributed by atoms with Gasteiger partial charge in [-0.15, -0.1) is 0 Å². The van der Waals surface area contributed by atoms with Gasteiger partial charge in [0.25, 0.3) is 0 Å². The van der Waals surface area contributed by atoms with Gasteiger partial charge in [-0.1, -0.05) is 66.7 Å². The molecule has 0 bridgehead atoms. The zero-order chi connectivity index (χ0) is 23.0. The normalized spacial score (nSPS) is 17.4. The second-order valence-electron chi connectivity index (χ2n) is 8.48. The van der Waals surface area contributed by atoms with E-state index in [1.807, 2.05) is 78.9 Å². The molecule has 6 nitrogen and oxygen atoms in total. The highest BCUT2D eigenvalue weighted by molar-refractivity contribution is 5.90. The smallest absolute Gasteiger partial charge is 0.243 e. The molecule has 170 valence electrons. The zero-order valence-electron chi connectivity index (χ0n) is 18.6. The van der Waals surface area contributed by atoms with Crippen molar-refractivity contribution >= 4 is 11.8 Å². The summed E-state index contributed by atoms with van der Waals surface area (Å²) in [5, 5.41) is 3.18. The Labute approximate surface area is 194 Å². The summed E-state index contributed by atoms with van der Waals surface area (Å²) in [4.78, 5) is 32.6. The minimum absolute atomic E-state index is 0.141. The van der Waals surface area contributed by atoms with E-state index in [0.29, 0.717) is 25.8 Å². The van der Waals surface area contributed by atoms with Crippen molar-refractivity contribution in [2.45, 2.75) is 43.8 Å². The highest BCUT2D eigenvalue weighted by Crippen LogP contribution is 2.22. The molecule has 3 N–H and O–H groups in total. The molecule has 1 saturated heterocycles. The standard InChI is InChI=1S/C27H30N4O2/c28-23(18-20-10-3-1-4-11-20)27(33)31-17-9-15-25(31)26(32)30-24(21-12-5-2-6-13-21)19-22-14-7-8-16-29-22/h1-8,10-14,16,23-25H,9,15,17-19,28H2,(H,30,32). The van der Waals surface area contributed by atoms with E-state index in [-0.39, 0.29) is 17.9 Å². The molecule has 1 fully saturated rings. The monoisotopic (exact) mass is 442 g/mol. The Morgan fingerprint density at radius 2 is 1.67 bits per heavy atom. The van der Waals surface area contributed by atoms with Crippen LogP contribution in [-0.2, 0) is 22.4 Å². The first kappa shape index (κ1) is 22.7. The van der Waals surface area contributed by atoms with Gasteiger partial charge in [0.2, 0.25) is 11.8 Å². The second kappa shape index (κ2) is 10.9. The maximum Gasteiger partial charge on any atom is 0.243 e. The minimum atomic E-state index is -0.667. The van der Waals surface area contributed by atoms with Crippen LogP contribution in [0.15, 0.2) is 85.1 Å². The summed E-state index contributed by atoms with van der Waals surface area (Å²) in [5.41, 5.74) is 9.17. The lowest BCUT2D eigenvalue weighted by atomic mass is 10.0. The Bertz CT molecular complexity index is 1040. The van der Waals surface area contributed by atoms with Crippen LogP contribution in [0.2, 0.25) is 0 Å². The summed E-state index contributed by atoms with van der Waals surface area (Å²) in [6, 6.07) is 24.0. The highest BCUT2D eigenvalue weighted by Gasteiger charge is 2.37. The highest BCUT2D eigenvalue weighted by atomic mass is 16.2. The fourth-order valence-corrected chi connectivity index (χ4v) is 4.40. The number of nitrogens with two attached hydrogens (primary N) is 1. The molecule has 0 spiro atoms. The fourth-order valence-electron chi connectivity index (χ4n) is 4.40. The van der Waals surface area contributed by atoms with Crippen molar-refractivity contribution in [3.8, 4) is 0 Å². The molecule has 3 unspecified atom stereocenters. The van der Waals surface area contributed by atoms with E-state index in [1.54, 1.807) is 11.1 Å². The number of aromatic nitrogens is 1. The van der Waals surface area contributed by atoms with Gasteiger partial charge in [-0.3, -0.25) is 14.6 Å². The fraction of sp³-hybridized carbons (Fsp3) is 0.296. The van der Waals surface area contributed by atoms with Crippen molar-refractivity contribution in [2.75, 3.05) is 6.54 Å². The number of pyridine rings is 1. The SMILES string of the molecule is NC(Cc1ccccc1)C(=O)N1CCCC1C(=O)NC(Cc1ccccn1)c1ccccc1. The van der Waals surface area contributed by atoms with Crippen molar-refractivity contribution in [1.82, 2.24) is 15.2 Å². The third-order valence-corrected chi connectivity index (χ3v) is 6.11. The van der Waals surface area contributed by atoms with E-state index in [0.717, 1.165) is 23.2 Å². The molecule has 0 saturated carbocycles. The number of hydrogen-bond donors (Lipinski definition) is 2. The third-order valence-electron chi connectivity index (χ3n) is 6.11. The number of amides is 2. The maximum atomic E-state index is 13.3. The van der Waals surface area contributed by atoms with Crippen molar-refractivity contribution < 1.29 is 9.59 Å². The van der Waals surface area contributed by atoms with Gasteiger partial charge >= 0.3 is 0 Å². The number of benzene rings is 2. The number of nitrogens with zero attached hydrogens (tertiary/aromatic N) is 2. The Balaban J connectivity index is 1.46. The number of carbonyl (C=O) groups is 2. The molecule has 3 aromatic rings. The molecular formula is C27H30N4O2. The van der Waals surface area contributed by atoms with Crippen LogP contribution in [0.3, 0.4) is 0 Å². The Morgan fingerprint density at radius 3 is 2.36 bits per heavy atom. The predicted molar refractivity (Wildman–Crippen MR) is 128 cm³/mol. The average molecular weight is 443 g/mol. The van der Waals surface area contributed by atoms with Crippen LogP contribution in [0, 0.1) is 0 Å². The molecule has 2 amide bonds. The van der Waals surface area contributed by atoms with Crippen molar-refractivity contribution in [1.29, 1.82) is 0 Å². The van der Waals surface area contributed by atoms with Gasteiger partial charge in [-0.05, 0) is 42.5 Å². The van der Waals surface area contributed by atoms with Gasteiger partial charge in [0, 0.05) is 24.9 Å². The molecule has 6 heteroatoms. The Hall–Kier alpha value is -3.51. The van der Waals surface area contributed by atoms with Gasteiger partial charge in [0.05, 0.1) is 12.1 Å². The van der Waals surface area contributed by atoms with Crippen LogP contribution in [0.4, 0.5) is 0 Å². The number of hydrogen-bond acceptors (Lipinski definition) is 4. The molecule has 3 atom stereocenters. The van der Waals surface area contributed by atoms with Crippen LogP contribution in [0.5, 0.6) is 0 Å². The Morgan fingerprint density at radius 1 is 0.970 bits per heavy atom. The second-order valence-corrected chi connectivity index (χ2v) is 8.48. The van der Waals surface area contributed by atoms with Gasteiger partial charge < -0.3 is 16.0 Å². The lowest BCUT2D eigenvalue weighted by Gasteiger charge is -2.28. The maximum absolute atomic E-state index is 13.3. The summed E-state index contributed by atoms with van der Waals surface area (Å²) in [6.45, 7) is 0.551. The van der Waals surface area contributed by atoms with Crippen molar-refractivity contribution in [3.05, 3.63) is 102 Å². The summed E-state index contributed by atoms with van der Waals surface area (Å²) in [7, 11) is 0. The minimum Gasteiger partial charge on any atom is -0.347 e. The average Bonchev–Trinajstić information content (AvgIpc) is 3.35. The molecule has 0 aliphatic carbocycles. The first-order chi connectivity index (χ1) is 16.1. The number of rotatable bonds is 8. The largest absolute Gasteiger partial charge is 0.347 e. The topological polar surface area (TPSA) is 88.3 Å². The van der Waals surface area contributed by atoms with Crippen molar-refractivity contribution in [3.63, 3.8) is 0 Å². The summed E-state index contributed by atoms with van der Waals surface area (Å²) >= 11 is 0. The van der Waals surface area contributed by atoms with Crippen LogP contribution in [0.25, 0.3) is 0 Å². The summed E-state index contributed by atoms with van der Waals surface area (Å²) in [5.74, 6) is -0.310. The third kappa shape index (κ3) is 5.84. The van der Waals surface area contributed by atoms with E-state index in [4.69, 9.17) is 5.73 Å².